The van der Waals surface area contributed by atoms with E-state index >= 15 is 0 Å². The zero-order chi connectivity index (χ0) is 24.8. The maximum atomic E-state index is 14.1. The average Bonchev–Trinajstić information content (AvgIpc) is 3.53. The van der Waals surface area contributed by atoms with E-state index in [1.807, 2.05) is 25.1 Å². The van der Waals surface area contributed by atoms with Gasteiger partial charge in [-0.25, -0.2) is 4.90 Å². The zero-order valence-corrected chi connectivity index (χ0v) is 19.5. The van der Waals surface area contributed by atoms with E-state index in [-0.39, 0.29) is 35.0 Å². The number of aryl methyl sites for hydroxylation is 2. The maximum absolute atomic E-state index is 14.1. The second-order valence-electron chi connectivity index (χ2n) is 9.70. The van der Waals surface area contributed by atoms with Crippen molar-refractivity contribution < 1.29 is 24.0 Å². The lowest BCUT2D eigenvalue weighted by Gasteiger charge is -2.36. The summed E-state index contributed by atoms with van der Waals surface area (Å²) in [6.45, 7) is 4.16. The van der Waals surface area contributed by atoms with Crippen molar-refractivity contribution in [2.75, 3.05) is 23.9 Å². The highest BCUT2D eigenvalue weighted by molar-refractivity contribution is 6.26. The minimum absolute atomic E-state index is 0.0370. The van der Waals surface area contributed by atoms with E-state index in [1.54, 1.807) is 6.92 Å². The second-order valence-corrected chi connectivity index (χ2v) is 9.70. The van der Waals surface area contributed by atoms with Gasteiger partial charge in [0.2, 0.25) is 17.7 Å². The minimum atomic E-state index is -1.26. The van der Waals surface area contributed by atoms with Gasteiger partial charge in [-0.1, -0.05) is 18.2 Å². The van der Waals surface area contributed by atoms with Gasteiger partial charge in [0.1, 0.15) is 5.54 Å². The summed E-state index contributed by atoms with van der Waals surface area (Å²) in [6, 6.07) is 8.10. The summed E-state index contributed by atoms with van der Waals surface area (Å²) in [5.41, 5.74) is 1.50. The van der Waals surface area contributed by atoms with Crippen LogP contribution in [0.1, 0.15) is 29.5 Å². The van der Waals surface area contributed by atoms with Crippen molar-refractivity contribution in [3.8, 4) is 5.75 Å². The molecule has 1 spiro atoms. The second kappa shape index (κ2) is 7.11. The summed E-state index contributed by atoms with van der Waals surface area (Å²) in [7, 11) is 1.30. The Balaban J connectivity index is 1.54. The number of nitrogens with one attached hydrogen (secondary N) is 1. The Kier molecular flexibility index (Phi) is 4.41. The maximum Gasteiger partial charge on any atom is 0.311 e. The number of nitrogens with zero attached hydrogens (tertiary/aromatic N) is 3. The molecule has 0 bridgehead atoms. The molecule has 0 aromatic heterocycles. The van der Waals surface area contributed by atoms with Crippen molar-refractivity contribution in [1.82, 2.24) is 4.90 Å². The molecule has 6 rings (SSSR count). The average molecular weight is 476 g/mol. The fourth-order valence-corrected chi connectivity index (χ4v) is 6.82. The Morgan fingerprint density at radius 2 is 1.91 bits per heavy atom. The molecule has 3 fully saturated rings. The number of para-hydroxylation sites is 1. The van der Waals surface area contributed by atoms with E-state index in [0.29, 0.717) is 24.2 Å². The van der Waals surface area contributed by atoms with Crippen LogP contribution in [-0.4, -0.2) is 47.2 Å². The standard InChI is InChI=1S/C25H24N4O6/c1-12-6-4-7-14-21(12)26-24(32)25(14)20-19(15-8-5-9-27(15)25)22(30)28(23(20)31)16-11-18(35-3)17(29(33)34)10-13(16)2/h4,6-7,10-11,15,19-20H,5,8-9H2,1-3H3,(H,26,32)/t15-,19+,20+,25-/m0/s1. The molecule has 4 aliphatic heterocycles. The summed E-state index contributed by atoms with van der Waals surface area (Å²) in [4.78, 5) is 55.9. The number of methoxy groups -OCH3 is 1. The lowest BCUT2D eigenvalue weighted by atomic mass is 9.75. The molecule has 2 aromatic rings. The van der Waals surface area contributed by atoms with Crippen molar-refractivity contribution in [3.63, 3.8) is 0 Å². The first-order chi connectivity index (χ1) is 16.7. The number of benzene rings is 2. The predicted octanol–water partition coefficient (Wildman–Crippen LogP) is 2.65. The first kappa shape index (κ1) is 21.7. The lowest BCUT2D eigenvalue weighted by Crippen LogP contribution is -2.54. The Labute approximate surface area is 201 Å². The Hall–Kier alpha value is -3.79. The van der Waals surface area contributed by atoms with E-state index < -0.39 is 28.2 Å². The van der Waals surface area contributed by atoms with Crippen LogP contribution >= 0.6 is 0 Å². The lowest BCUT2D eigenvalue weighted by molar-refractivity contribution is -0.385. The summed E-state index contributed by atoms with van der Waals surface area (Å²) < 4.78 is 5.20. The number of nitro groups is 1. The number of amides is 3. The number of imide groups is 1. The van der Waals surface area contributed by atoms with Crippen molar-refractivity contribution in [3.05, 3.63) is 57.1 Å². The molecule has 0 unspecified atom stereocenters. The van der Waals surface area contributed by atoms with Crippen LogP contribution in [0.3, 0.4) is 0 Å². The molecule has 35 heavy (non-hydrogen) atoms. The van der Waals surface area contributed by atoms with Crippen molar-refractivity contribution in [1.29, 1.82) is 0 Å². The molecule has 0 aliphatic carbocycles. The van der Waals surface area contributed by atoms with Crippen LogP contribution in [0.15, 0.2) is 30.3 Å². The Morgan fingerprint density at radius 3 is 2.63 bits per heavy atom. The van der Waals surface area contributed by atoms with Gasteiger partial charge < -0.3 is 10.1 Å². The first-order valence-corrected chi connectivity index (χ1v) is 11.6. The van der Waals surface area contributed by atoms with Gasteiger partial charge in [0, 0.05) is 29.4 Å². The van der Waals surface area contributed by atoms with Gasteiger partial charge in [-0.15, -0.1) is 0 Å². The smallest absolute Gasteiger partial charge is 0.311 e. The number of rotatable bonds is 3. The number of anilines is 2. The topological polar surface area (TPSA) is 122 Å². The summed E-state index contributed by atoms with van der Waals surface area (Å²) in [5.74, 6) is -2.71. The molecule has 0 saturated carbocycles. The normalized spacial score (nSPS) is 28.9. The first-order valence-electron chi connectivity index (χ1n) is 11.6. The van der Waals surface area contributed by atoms with Crippen LogP contribution < -0.4 is 15.0 Å². The summed E-state index contributed by atoms with van der Waals surface area (Å²) >= 11 is 0. The number of fused-ring (bicyclic) bond motifs is 7. The van der Waals surface area contributed by atoms with E-state index in [1.165, 1.54) is 19.2 Å². The molecule has 1 N–H and O–H groups in total. The molecule has 4 atom stereocenters. The van der Waals surface area contributed by atoms with Crippen molar-refractivity contribution in [2.24, 2.45) is 11.8 Å². The summed E-state index contributed by atoms with van der Waals surface area (Å²) in [5, 5.41) is 14.5. The largest absolute Gasteiger partial charge is 0.490 e. The van der Waals surface area contributed by atoms with Crippen molar-refractivity contribution >= 4 is 34.8 Å². The number of carbonyl (C=O) groups excluding carboxylic acids is 3. The van der Waals surface area contributed by atoms with E-state index in [0.717, 1.165) is 22.4 Å². The number of hydrogen-bond acceptors (Lipinski definition) is 7. The van der Waals surface area contributed by atoms with Crippen LogP contribution in [0.4, 0.5) is 17.1 Å². The molecule has 180 valence electrons. The molecule has 10 heteroatoms. The summed E-state index contributed by atoms with van der Waals surface area (Å²) in [6.07, 6.45) is 1.54. The molecule has 2 aromatic carbocycles. The van der Waals surface area contributed by atoms with E-state index in [2.05, 4.69) is 10.2 Å². The number of hydrogen-bond donors (Lipinski definition) is 1. The Bertz CT molecular complexity index is 1360. The third-order valence-electron chi connectivity index (χ3n) is 8.17. The van der Waals surface area contributed by atoms with Gasteiger partial charge in [-0.2, -0.15) is 0 Å². The fourth-order valence-electron chi connectivity index (χ4n) is 6.82. The molecule has 0 radical (unpaired) electrons. The highest BCUT2D eigenvalue weighted by Gasteiger charge is 2.74. The van der Waals surface area contributed by atoms with Gasteiger partial charge in [-0.3, -0.25) is 29.4 Å². The van der Waals surface area contributed by atoms with Gasteiger partial charge in [-0.05, 0) is 44.4 Å². The van der Waals surface area contributed by atoms with Crippen LogP contribution in [0.5, 0.6) is 5.75 Å². The van der Waals surface area contributed by atoms with E-state index in [4.69, 9.17) is 4.74 Å². The number of carbonyl (C=O) groups is 3. The van der Waals surface area contributed by atoms with Crippen LogP contribution in [0.25, 0.3) is 0 Å². The predicted molar refractivity (Wildman–Crippen MR) is 125 cm³/mol. The van der Waals surface area contributed by atoms with Crippen LogP contribution in [-0.2, 0) is 19.9 Å². The van der Waals surface area contributed by atoms with Gasteiger partial charge in [0.15, 0.2) is 5.75 Å². The number of ether oxygens (including phenoxy) is 1. The third-order valence-corrected chi connectivity index (χ3v) is 8.17. The number of nitro benzene ring substituents is 1. The minimum Gasteiger partial charge on any atom is -0.490 e. The monoisotopic (exact) mass is 476 g/mol. The highest BCUT2D eigenvalue weighted by Crippen LogP contribution is 2.61. The molecule has 3 saturated heterocycles. The third kappa shape index (κ3) is 2.49. The molecule has 10 nitrogen and oxygen atoms in total. The SMILES string of the molecule is COc1cc(N2C(=O)[C@@H]3[C@@H]4CCCN4[C@]4(C(=O)Nc5c(C)cccc54)[C@H]3C2=O)c(C)cc1[N+](=O)[O-]. The zero-order valence-electron chi connectivity index (χ0n) is 19.5. The van der Waals surface area contributed by atoms with Crippen LogP contribution in [0.2, 0.25) is 0 Å². The molecule has 4 heterocycles. The fraction of sp³-hybridized carbons (Fsp3) is 0.400. The van der Waals surface area contributed by atoms with Gasteiger partial charge in [0.25, 0.3) is 0 Å². The van der Waals surface area contributed by atoms with Crippen LogP contribution in [0, 0.1) is 35.8 Å². The van der Waals surface area contributed by atoms with E-state index in [9.17, 15) is 24.5 Å². The highest BCUT2D eigenvalue weighted by atomic mass is 16.6. The van der Waals surface area contributed by atoms with Crippen molar-refractivity contribution in [2.45, 2.75) is 38.3 Å². The molecular formula is C25H24N4O6. The van der Waals surface area contributed by atoms with Gasteiger partial charge >= 0.3 is 5.69 Å². The molecular weight excluding hydrogens is 452 g/mol. The quantitative estimate of drug-likeness (QED) is 0.411. The van der Waals surface area contributed by atoms with Gasteiger partial charge in [0.05, 0.1) is 29.6 Å². The molecule has 4 aliphatic rings. The molecule has 3 amide bonds. The Morgan fingerprint density at radius 1 is 1.14 bits per heavy atom.